The number of carbonyl (C=O) groups is 1. The van der Waals surface area contributed by atoms with Crippen LogP contribution >= 0.6 is 0 Å². The van der Waals surface area contributed by atoms with E-state index >= 15 is 0 Å². The lowest BCUT2D eigenvalue weighted by atomic mass is 10.0. The maximum Gasteiger partial charge on any atom is 0.341 e. The zero-order valence-electron chi connectivity index (χ0n) is 9.19. The summed E-state index contributed by atoms with van der Waals surface area (Å²) in [5.74, 6) is -0.385. The molecule has 2 aromatic rings. The highest BCUT2D eigenvalue weighted by atomic mass is 16.5. The Kier molecular flexibility index (Phi) is 2.77. The maximum atomic E-state index is 11.5. The van der Waals surface area contributed by atoms with Crippen molar-refractivity contribution in [2.24, 2.45) is 0 Å². The Balaban J connectivity index is 2.44. The van der Waals surface area contributed by atoms with E-state index in [1.165, 1.54) is 18.9 Å². The Labute approximate surface area is 93.7 Å². The first-order valence-electron chi connectivity index (χ1n) is 4.94. The van der Waals surface area contributed by atoms with Crippen molar-refractivity contribution in [3.63, 3.8) is 0 Å². The molecule has 0 aliphatic carbocycles. The first-order valence-corrected chi connectivity index (χ1v) is 4.94. The molecular formula is C13H12O3. The van der Waals surface area contributed by atoms with E-state index in [1.807, 2.05) is 31.2 Å². The Morgan fingerprint density at radius 3 is 2.50 bits per heavy atom. The van der Waals surface area contributed by atoms with Gasteiger partial charge >= 0.3 is 5.97 Å². The summed E-state index contributed by atoms with van der Waals surface area (Å²) < 4.78 is 9.73. The van der Waals surface area contributed by atoms with Crippen molar-refractivity contribution >= 4 is 5.97 Å². The van der Waals surface area contributed by atoms with Crippen LogP contribution in [0, 0.1) is 6.92 Å². The fourth-order valence-electron chi connectivity index (χ4n) is 1.52. The second-order valence-electron chi connectivity index (χ2n) is 3.56. The molecule has 1 heterocycles. The maximum absolute atomic E-state index is 11.5. The van der Waals surface area contributed by atoms with Crippen molar-refractivity contribution in [3.8, 4) is 11.1 Å². The fourth-order valence-corrected chi connectivity index (χ4v) is 1.52. The van der Waals surface area contributed by atoms with E-state index in [0.717, 1.165) is 11.1 Å². The minimum Gasteiger partial charge on any atom is -0.471 e. The zero-order valence-corrected chi connectivity index (χ0v) is 9.19. The van der Waals surface area contributed by atoms with Crippen molar-refractivity contribution in [2.45, 2.75) is 6.92 Å². The van der Waals surface area contributed by atoms with Crippen molar-refractivity contribution in [1.82, 2.24) is 0 Å². The molecule has 0 spiro atoms. The highest BCUT2D eigenvalue weighted by molar-refractivity contribution is 5.96. The van der Waals surface area contributed by atoms with Gasteiger partial charge in [-0.3, -0.25) is 0 Å². The van der Waals surface area contributed by atoms with Gasteiger partial charge in [-0.05, 0) is 12.5 Å². The van der Waals surface area contributed by atoms with Crippen molar-refractivity contribution in [3.05, 3.63) is 47.9 Å². The number of rotatable bonds is 2. The third-order valence-corrected chi connectivity index (χ3v) is 2.43. The second kappa shape index (κ2) is 4.23. The summed E-state index contributed by atoms with van der Waals surface area (Å²) in [5, 5.41) is 0. The van der Waals surface area contributed by atoms with Crippen LogP contribution < -0.4 is 0 Å². The Hall–Kier alpha value is -2.03. The molecule has 16 heavy (non-hydrogen) atoms. The summed E-state index contributed by atoms with van der Waals surface area (Å²) in [6.07, 6.45) is 2.96. The molecule has 0 unspecified atom stereocenters. The van der Waals surface area contributed by atoms with Gasteiger partial charge in [-0.15, -0.1) is 0 Å². The van der Waals surface area contributed by atoms with Gasteiger partial charge < -0.3 is 9.15 Å². The molecule has 1 aromatic carbocycles. The lowest BCUT2D eigenvalue weighted by molar-refractivity contribution is 0.0600. The first-order chi connectivity index (χ1) is 7.72. The molecule has 82 valence electrons. The summed E-state index contributed by atoms with van der Waals surface area (Å²) in [5.41, 5.74) is 3.32. The second-order valence-corrected chi connectivity index (χ2v) is 3.56. The van der Waals surface area contributed by atoms with E-state index in [0.29, 0.717) is 5.56 Å². The molecule has 3 heteroatoms. The zero-order chi connectivity index (χ0) is 11.5. The van der Waals surface area contributed by atoms with Crippen molar-refractivity contribution in [2.75, 3.05) is 7.11 Å². The van der Waals surface area contributed by atoms with E-state index in [4.69, 9.17) is 4.42 Å². The number of hydrogen-bond acceptors (Lipinski definition) is 3. The summed E-state index contributed by atoms with van der Waals surface area (Å²) in [6, 6.07) is 7.88. The SMILES string of the molecule is COC(=O)c1cocc1-c1ccc(C)cc1. The van der Waals surface area contributed by atoms with Crippen LogP contribution in [0.2, 0.25) is 0 Å². The number of ether oxygens (including phenoxy) is 1. The summed E-state index contributed by atoms with van der Waals surface area (Å²) in [7, 11) is 1.36. The lowest BCUT2D eigenvalue weighted by Gasteiger charge is -2.01. The molecule has 3 nitrogen and oxygen atoms in total. The lowest BCUT2D eigenvalue weighted by Crippen LogP contribution is -2.00. The van der Waals surface area contributed by atoms with Crippen LogP contribution in [0.15, 0.2) is 41.2 Å². The van der Waals surface area contributed by atoms with Gasteiger partial charge in [0.25, 0.3) is 0 Å². The van der Waals surface area contributed by atoms with Crippen molar-refractivity contribution < 1.29 is 13.9 Å². The molecule has 0 aliphatic rings. The summed E-state index contributed by atoms with van der Waals surface area (Å²) >= 11 is 0. The number of esters is 1. The quantitative estimate of drug-likeness (QED) is 0.724. The molecule has 1 aromatic heterocycles. The molecule has 0 radical (unpaired) electrons. The molecule has 0 N–H and O–H groups in total. The van der Waals surface area contributed by atoms with Gasteiger partial charge in [0.1, 0.15) is 11.8 Å². The van der Waals surface area contributed by atoms with Gasteiger partial charge in [0.05, 0.1) is 13.4 Å². The smallest absolute Gasteiger partial charge is 0.341 e. The van der Waals surface area contributed by atoms with Gasteiger partial charge in [0, 0.05) is 5.56 Å². The van der Waals surface area contributed by atoms with Gasteiger partial charge in [-0.2, -0.15) is 0 Å². The van der Waals surface area contributed by atoms with Gasteiger partial charge in [-0.25, -0.2) is 4.79 Å². The Morgan fingerprint density at radius 2 is 1.88 bits per heavy atom. The van der Waals surface area contributed by atoms with Crippen LogP contribution in [0.4, 0.5) is 0 Å². The van der Waals surface area contributed by atoms with E-state index in [1.54, 1.807) is 6.26 Å². The molecule has 0 fully saturated rings. The first kappa shape index (κ1) is 10.5. The number of furan rings is 1. The van der Waals surface area contributed by atoms with Gasteiger partial charge in [-0.1, -0.05) is 29.8 Å². The normalized spacial score (nSPS) is 10.1. The third-order valence-electron chi connectivity index (χ3n) is 2.43. The summed E-state index contributed by atoms with van der Waals surface area (Å²) in [6.45, 7) is 2.01. The number of methoxy groups -OCH3 is 1. The Bertz CT molecular complexity index is 494. The summed E-state index contributed by atoms with van der Waals surface area (Å²) in [4.78, 5) is 11.5. The largest absolute Gasteiger partial charge is 0.471 e. The Morgan fingerprint density at radius 1 is 1.19 bits per heavy atom. The number of hydrogen-bond donors (Lipinski definition) is 0. The highest BCUT2D eigenvalue weighted by Gasteiger charge is 2.15. The van der Waals surface area contributed by atoms with Crippen LogP contribution in [-0.4, -0.2) is 13.1 Å². The molecule has 0 saturated heterocycles. The topological polar surface area (TPSA) is 39.4 Å². The predicted octanol–water partition coefficient (Wildman–Crippen LogP) is 3.04. The van der Waals surface area contributed by atoms with Crippen LogP contribution in [-0.2, 0) is 4.74 Å². The molecular weight excluding hydrogens is 204 g/mol. The third kappa shape index (κ3) is 1.84. The molecule has 2 rings (SSSR count). The standard InChI is InChI=1S/C13H12O3/c1-9-3-5-10(6-4-9)11-7-16-8-12(11)13(14)15-2/h3-8H,1-2H3. The molecule has 0 aliphatic heterocycles. The minimum atomic E-state index is -0.385. The van der Waals surface area contributed by atoms with Crippen LogP contribution in [0.5, 0.6) is 0 Å². The average Bonchev–Trinajstić information content (AvgIpc) is 2.78. The van der Waals surface area contributed by atoms with Crippen LogP contribution in [0.1, 0.15) is 15.9 Å². The molecule has 0 atom stereocenters. The minimum absolute atomic E-state index is 0.385. The monoisotopic (exact) mass is 216 g/mol. The van der Waals surface area contributed by atoms with E-state index in [2.05, 4.69) is 4.74 Å². The van der Waals surface area contributed by atoms with Crippen LogP contribution in [0.25, 0.3) is 11.1 Å². The number of aryl methyl sites for hydroxylation is 1. The van der Waals surface area contributed by atoms with E-state index in [-0.39, 0.29) is 5.97 Å². The molecule has 0 saturated carbocycles. The van der Waals surface area contributed by atoms with Gasteiger partial charge in [0.2, 0.25) is 0 Å². The van der Waals surface area contributed by atoms with E-state index < -0.39 is 0 Å². The molecule has 0 amide bonds. The van der Waals surface area contributed by atoms with Crippen molar-refractivity contribution in [1.29, 1.82) is 0 Å². The molecule has 0 bridgehead atoms. The van der Waals surface area contributed by atoms with Gasteiger partial charge in [0.15, 0.2) is 0 Å². The fraction of sp³-hybridized carbons (Fsp3) is 0.154. The number of carbonyl (C=O) groups excluding carboxylic acids is 1. The average molecular weight is 216 g/mol. The highest BCUT2D eigenvalue weighted by Crippen LogP contribution is 2.25. The number of benzene rings is 1. The van der Waals surface area contributed by atoms with E-state index in [9.17, 15) is 4.79 Å². The predicted molar refractivity (Wildman–Crippen MR) is 60.2 cm³/mol. The van der Waals surface area contributed by atoms with Crippen LogP contribution in [0.3, 0.4) is 0 Å².